The maximum absolute atomic E-state index is 3.39. The van der Waals surface area contributed by atoms with Crippen LogP contribution >= 0.6 is 0 Å². The summed E-state index contributed by atoms with van der Waals surface area (Å²) in [7, 11) is 2.22. The third-order valence-corrected chi connectivity index (χ3v) is 1.41. The van der Waals surface area contributed by atoms with E-state index in [1.807, 2.05) is 0 Å². The summed E-state index contributed by atoms with van der Waals surface area (Å²) in [5, 5.41) is 3.39. The predicted molar refractivity (Wildman–Crippen MR) is 45.7 cm³/mol. The van der Waals surface area contributed by atoms with Gasteiger partial charge < -0.3 is 5.32 Å². The minimum absolute atomic E-state index is 1.20. The molecule has 0 aliphatic heterocycles. The second-order valence-corrected chi connectivity index (χ2v) is 2.46. The molecule has 9 heavy (non-hydrogen) atoms. The zero-order chi connectivity index (χ0) is 6.95. The number of nitrogens with one attached hydrogen (secondary N) is 1. The summed E-state index contributed by atoms with van der Waals surface area (Å²) in [5.74, 6) is 0. The Morgan fingerprint density at radius 2 is 1.89 bits per heavy atom. The highest BCUT2D eigenvalue weighted by molar-refractivity contribution is 6.08. The molecule has 0 aliphatic rings. The largest absolute Gasteiger partial charge is 0.317 e. The third-order valence-electron chi connectivity index (χ3n) is 1.41. The molecule has 1 nitrogen and oxygen atoms in total. The van der Waals surface area contributed by atoms with Gasteiger partial charge in [-0.2, -0.15) is 0 Å². The van der Waals surface area contributed by atoms with Crippen LogP contribution in [0.2, 0.25) is 6.32 Å². The highest BCUT2D eigenvalue weighted by atomic mass is 14.8. The molecule has 0 amide bonds. The molecular weight excluding hydrogens is 109 g/mol. The third kappa shape index (κ3) is 8.02. The summed E-state index contributed by atoms with van der Waals surface area (Å²) in [5.41, 5.74) is 0. The molecular formula is C7H18BN. The zero-order valence-corrected chi connectivity index (χ0v) is 6.74. The maximum Gasteiger partial charge on any atom is 0.101 e. The van der Waals surface area contributed by atoms with Crippen molar-refractivity contribution in [2.45, 2.75) is 32.5 Å². The lowest BCUT2D eigenvalue weighted by Gasteiger charge is -1.99. The van der Waals surface area contributed by atoms with Crippen LogP contribution in [0.4, 0.5) is 0 Å². The van der Waals surface area contributed by atoms with Crippen LogP contribution in [-0.2, 0) is 0 Å². The van der Waals surface area contributed by atoms with Crippen molar-refractivity contribution in [3.05, 3.63) is 0 Å². The summed E-state index contributed by atoms with van der Waals surface area (Å²) in [4.78, 5) is 0. The Hall–Kier alpha value is 0.0249. The standard InChI is InChI=1S/C7H18BN/c1-2-3-6-9-7-4-5-8/h9H,2-8H2,1H3. The highest BCUT2D eigenvalue weighted by Gasteiger charge is 1.83. The van der Waals surface area contributed by atoms with Gasteiger partial charge in [0.1, 0.15) is 7.85 Å². The molecule has 0 aromatic carbocycles. The van der Waals surface area contributed by atoms with E-state index in [1.54, 1.807) is 0 Å². The topological polar surface area (TPSA) is 12.0 Å². The van der Waals surface area contributed by atoms with E-state index in [-0.39, 0.29) is 0 Å². The number of rotatable bonds is 6. The van der Waals surface area contributed by atoms with E-state index in [0.717, 1.165) is 0 Å². The van der Waals surface area contributed by atoms with Gasteiger partial charge in [-0.05, 0) is 25.9 Å². The first-order valence-electron chi connectivity index (χ1n) is 4.12. The number of unbranched alkanes of at least 4 members (excludes halogenated alkanes) is 1. The number of hydrogen-bond donors (Lipinski definition) is 1. The zero-order valence-electron chi connectivity index (χ0n) is 6.74. The Bertz CT molecular complexity index is 42.2. The minimum Gasteiger partial charge on any atom is -0.317 e. The molecule has 0 aromatic heterocycles. The molecule has 1 N–H and O–H groups in total. The summed E-state index contributed by atoms with van der Waals surface area (Å²) in [6.45, 7) is 4.63. The summed E-state index contributed by atoms with van der Waals surface area (Å²) in [6, 6.07) is 0. The Balaban J connectivity index is 2.60. The molecule has 0 aromatic rings. The predicted octanol–water partition coefficient (Wildman–Crippen LogP) is 0.818. The first-order valence-corrected chi connectivity index (χ1v) is 4.12. The van der Waals surface area contributed by atoms with E-state index in [2.05, 4.69) is 20.1 Å². The van der Waals surface area contributed by atoms with Crippen LogP contribution in [0.3, 0.4) is 0 Å². The van der Waals surface area contributed by atoms with Crippen molar-refractivity contribution in [1.29, 1.82) is 0 Å². The summed E-state index contributed by atoms with van der Waals surface area (Å²) in [6.07, 6.45) is 5.26. The molecule has 0 saturated heterocycles. The van der Waals surface area contributed by atoms with Crippen molar-refractivity contribution in [3.63, 3.8) is 0 Å². The lowest BCUT2D eigenvalue weighted by molar-refractivity contribution is 0.633. The van der Waals surface area contributed by atoms with Gasteiger partial charge in [0.05, 0.1) is 0 Å². The van der Waals surface area contributed by atoms with Gasteiger partial charge in [0, 0.05) is 0 Å². The highest BCUT2D eigenvalue weighted by Crippen LogP contribution is 1.84. The van der Waals surface area contributed by atoms with Gasteiger partial charge in [0.2, 0.25) is 0 Å². The molecule has 0 unspecified atom stereocenters. The molecule has 2 heteroatoms. The lowest BCUT2D eigenvalue weighted by Crippen LogP contribution is -2.16. The van der Waals surface area contributed by atoms with Crippen LogP contribution < -0.4 is 5.32 Å². The molecule has 0 heterocycles. The molecule has 54 valence electrons. The smallest absolute Gasteiger partial charge is 0.101 e. The molecule has 0 radical (unpaired) electrons. The molecule has 0 saturated carbocycles. The first kappa shape index (κ1) is 9.02. The van der Waals surface area contributed by atoms with Crippen LogP contribution in [0.1, 0.15) is 26.2 Å². The molecule has 0 spiro atoms. The first-order chi connectivity index (χ1) is 4.41. The van der Waals surface area contributed by atoms with Crippen LogP contribution in [0.25, 0.3) is 0 Å². The van der Waals surface area contributed by atoms with Gasteiger partial charge in [-0.15, -0.1) is 0 Å². The number of hydrogen-bond acceptors (Lipinski definition) is 1. The quantitative estimate of drug-likeness (QED) is 0.411. The van der Waals surface area contributed by atoms with E-state index in [1.165, 1.54) is 38.7 Å². The average Bonchev–Trinajstić information content (AvgIpc) is 1.89. The summed E-state index contributed by atoms with van der Waals surface area (Å²) >= 11 is 0. The van der Waals surface area contributed by atoms with Gasteiger partial charge in [-0.3, -0.25) is 0 Å². The molecule has 0 atom stereocenters. The Kier molecular flexibility index (Phi) is 8.05. The Morgan fingerprint density at radius 1 is 1.22 bits per heavy atom. The van der Waals surface area contributed by atoms with Crippen molar-refractivity contribution in [1.82, 2.24) is 5.32 Å². The average molecular weight is 127 g/mol. The monoisotopic (exact) mass is 127 g/mol. The van der Waals surface area contributed by atoms with Gasteiger partial charge in [0.15, 0.2) is 0 Å². The van der Waals surface area contributed by atoms with Crippen LogP contribution in [0.15, 0.2) is 0 Å². The van der Waals surface area contributed by atoms with E-state index >= 15 is 0 Å². The second-order valence-electron chi connectivity index (χ2n) is 2.46. The van der Waals surface area contributed by atoms with E-state index < -0.39 is 0 Å². The van der Waals surface area contributed by atoms with E-state index in [4.69, 9.17) is 0 Å². The minimum atomic E-state index is 1.20. The Labute approximate surface area is 59.6 Å². The van der Waals surface area contributed by atoms with Gasteiger partial charge >= 0.3 is 0 Å². The van der Waals surface area contributed by atoms with Gasteiger partial charge in [-0.25, -0.2) is 0 Å². The molecule has 0 rings (SSSR count). The van der Waals surface area contributed by atoms with Crippen molar-refractivity contribution in [2.24, 2.45) is 0 Å². The van der Waals surface area contributed by atoms with Gasteiger partial charge in [0.25, 0.3) is 0 Å². The Morgan fingerprint density at radius 3 is 2.44 bits per heavy atom. The van der Waals surface area contributed by atoms with E-state index in [9.17, 15) is 0 Å². The maximum atomic E-state index is 3.39. The van der Waals surface area contributed by atoms with Crippen molar-refractivity contribution >= 4 is 7.85 Å². The van der Waals surface area contributed by atoms with Crippen molar-refractivity contribution < 1.29 is 0 Å². The SMILES string of the molecule is BCCCNCCCC. The molecule has 0 fully saturated rings. The van der Waals surface area contributed by atoms with Crippen LogP contribution in [0, 0.1) is 0 Å². The fraction of sp³-hybridized carbons (Fsp3) is 1.00. The summed E-state index contributed by atoms with van der Waals surface area (Å²) < 4.78 is 0. The van der Waals surface area contributed by atoms with Crippen LogP contribution in [0.5, 0.6) is 0 Å². The lowest BCUT2D eigenvalue weighted by atomic mass is 10.0. The molecule has 0 aliphatic carbocycles. The molecule has 0 bridgehead atoms. The van der Waals surface area contributed by atoms with E-state index in [0.29, 0.717) is 0 Å². The fourth-order valence-electron chi connectivity index (χ4n) is 0.729. The second kappa shape index (κ2) is 8.02. The van der Waals surface area contributed by atoms with Crippen molar-refractivity contribution in [2.75, 3.05) is 13.1 Å². The normalized spacial score (nSPS) is 9.89. The van der Waals surface area contributed by atoms with Crippen LogP contribution in [-0.4, -0.2) is 20.9 Å². The van der Waals surface area contributed by atoms with Gasteiger partial charge in [-0.1, -0.05) is 19.7 Å². The fourth-order valence-corrected chi connectivity index (χ4v) is 0.729. The van der Waals surface area contributed by atoms with Crippen molar-refractivity contribution in [3.8, 4) is 0 Å².